The van der Waals surface area contributed by atoms with Crippen molar-refractivity contribution in [2.24, 2.45) is 11.8 Å². The van der Waals surface area contributed by atoms with Gasteiger partial charge < -0.3 is 24.2 Å². The molecule has 5 heteroatoms. The van der Waals surface area contributed by atoms with Crippen LogP contribution in [0.1, 0.15) is 64.9 Å². The summed E-state index contributed by atoms with van der Waals surface area (Å²) >= 11 is 0. The van der Waals surface area contributed by atoms with Gasteiger partial charge in [-0.2, -0.15) is 0 Å². The highest BCUT2D eigenvalue weighted by Gasteiger charge is 2.16. The quantitative estimate of drug-likeness (QED) is 0.506. The lowest BCUT2D eigenvalue weighted by atomic mass is 9.87. The number of carbonyl (C=O) groups excluding carboxylic acids is 2. The van der Waals surface area contributed by atoms with Crippen molar-refractivity contribution in [2.75, 3.05) is 6.79 Å². The number of aldehydes is 2. The topological polar surface area (TPSA) is 72.8 Å². The van der Waals surface area contributed by atoms with E-state index in [1.165, 1.54) is 5.57 Å². The van der Waals surface area contributed by atoms with Gasteiger partial charge in [-0.25, -0.2) is 0 Å². The van der Waals surface area contributed by atoms with Gasteiger partial charge in [0.05, 0.1) is 5.60 Å². The van der Waals surface area contributed by atoms with Gasteiger partial charge in [0.25, 0.3) is 0 Å². The number of fused-ring (bicyclic) bond motifs is 1. The van der Waals surface area contributed by atoms with Gasteiger partial charge in [0.2, 0.25) is 6.79 Å². The molecule has 1 heterocycles. The largest absolute Gasteiger partial charge is 0.454 e. The van der Waals surface area contributed by atoms with E-state index in [0.717, 1.165) is 74.6 Å². The Morgan fingerprint density at radius 1 is 1.24 bits per heavy atom. The van der Waals surface area contributed by atoms with Crippen LogP contribution in [0.2, 0.25) is 0 Å². The van der Waals surface area contributed by atoms with E-state index in [1.54, 1.807) is 0 Å². The lowest BCUT2D eigenvalue weighted by molar-refractivity contribution is -0.111. The van der Waals surface area contributed by atoms with Crippen LogP contribution in [-0.2, 0) is 16.0 Å². The predicted molar refractivity (Wildman–Crippen MR) is 113 cm³/mol. The van der Waals surface area contributed by atoms with Gasteiger partial charge in [0.1, 0.15) is 12.6 Å². The van der Waals surface area contributed by atoms with E-state index in [-0.39, 0.29) is 11.8 Å². The molecule has 1 aromatic carbocycles. The van der Waals surface area contributed by atoms with Gasteiger partial charge in [-0.1, -0.05) is 24.6 Å². The first-order valence-corrected chi connectivity index (χ1v) is 10.5. The summed E-state index contributed by atoms with van der Waals surface area (Å²) in [6, 6.07) is 5.78. The van der Waals surface area contributed by atoms with E-state index in [1.807, 2.05) is 39.0 Å². The Labute approximate surface area is 174 Å². The average molecular weight is 403 g/mol. The summed E-state index contributed by atoms with van der Waals surface area (Å²) < 4.78 is 10.4. The second-order valence-electron chi connectivity index (χ2n) is 8.70. The molecule has 2 unspecified atom stereocenters. The fraction of sp³-hybridized carbons (Fsp3) is 0.583. The lowest BCUT2D eigenvalue weighted by Gasteiger charge is -2.20. The van der Waals surface area contributed by atoms with Crippen molar-refractivity contribution in [3.05, 3.63) is 35.4 Å². The van der Waals surface area contributed by atoms with Crippen LogP contribution in [0.4, 0.5) is 0 Å². The van der Waals surface area contributed by atoms with Crippen LogP contribution >= 0.6 is 0 Å². The Kier molecular flexibility index (Phi) is 8.90. The maximum Gasteiger partial charge on any atom is 0.231 e. The zero-order valence-corrected chi connectivity index (χ0v) is 17.9. The molecule has 1 aliphatic heterocycles. The lowest BCUT2D eigenvalue weighted by Crippen LogP contribution is -2.18. The number of rotatable bonds is 8. The normalized spacial score (nSPS) is 18.9. The molecule has 0 radical (unpaired) electrons. The number of allylic oxidation sites excluding steroid dienone is 2. The minimum atomic E-state index is -0.541. The Balaban J connectivity index is 0.000000207. The summed E-state index contributed by atoms with van der Waals surface area (Å²) in [5.74, 6) is 1.87. The van der Waals surface area contributed by atoms with Gasteiger partial charge in [0.15, 0.2) is 11.5 Å². The fourth-order valence-corrected chi connectivity index (χ4v) is 3.50. The third kappa shape index (κ3) is 8.40. The molecule has 0 bridgehead atoms. The smallest absolute Gasteiger partial charge is 0.231 e. The van der Waals surface area contributed by atoms with Crippen molar-refractivity contribution in [3.8, 4) is 11.5 Å². The zero-order chi connectivity index (χ0) is 21.3. The summed E-state index contributed by atoms with van der Waals surface area (Å²) in [5.41, 5.74) is 2.03. The summed E-state index contributed by atoms with van der Waals surface area (Å²) in [4.78, 5) is 21.0. The van der Waals surface area contributed by atoms with E-state index < -0.39 is 5.60 Å². The van der Waals surface area contributed by atoms with Crippen LogP contribution in [0.5, 0.6) is 11.5 Å². The number of hydrogen-bond donors (Lipinski definition) is 1. The van der Waals surface area contributed by atoms with Crippen molar-refractivity contribution >= 4 is 12.6 Å². The maximum absolute atomic E-state index is 10.5. The number of carbonyl (C=O) groups is 2. The molecule has 3 rings (SSSR count). The van der Waals surface area contributed by atoms with E-state index in [9.17, 15) is 14.7 Å². The Morgan fingerprint density at radius 3 is 2.62 bits per heavy atom. The van der Waals surface area contributed by atoms with E-state index in [4.69, 9.17) is 9.47 Å². The molecule has 1 N–H and O–H groups in total. The number of benzene rings is 1. The molecule has 1 aliphatic carbocycles. The number of aliphatic hydroxyl groups is 1. The summed E-state index contributed by atoms with van der Waals surface area (Å²) in [7, 11) is 0. The first kappa shape index (κ1) is 23.1. The minimum absolute atomic E-state index is 0.0513. The van der Waals surface area contributed by atoms with Crippen LogP contribution in [0.3, 0.4) is 0 Å². The second-order valence-corrected chi connectivity index (χ2v) is 8.70. The molecule has 5 nitrogen and oxygen atoms in total. The Hall–Kier alpha value is -2.14. The fourth-order valence-electron chi connectivity index (χ4n) is 3.50. The summed E-state index contributed by atoms with van der Waals surface area (Å²) in [6.45, 7) is 5.90. The zero-order valence-electron chi connectivity index (χ0n) is 17.9. The second kappa shape index (κ2) is 11.1. The highest BCUT2D eigenvalue weighted by atomic mass is 16.7. The molecule has 0 saturated carbocycles. The van der Waals surface area contributed by atoms with E-state index >= 15 is 0 Å². The van der Waals surface area contributed by atoms with Gasteiger partial charge in [-0.15, -0.1) is 0 Å². The highest BCUT2D eigenvalue weighted by molar-refractivity contribution is 5.54. The van der Waals surface area contributed by atoms with Crippen LogP contribution in [0.25, 0.3) is 0 Å². The van der Waals surface area contributed by atoms with Crippen molar-refractivity contribution in [1.29, 1.82) is 0 Å². The highest BCUT2D eigenvalue weighted by Crippen LogP contribution is 2.33. The third-order valence-corrected chi connectivity index (χ3v) is 5.25. The SMILES string of the molecule is CC(C)(O)CCCC1=CCC(C=O)CC1.CC(C=O)Cc1ccc2c(c1)OCO2. The molecule has 2 atom stereocenters. The standard InChI is InChI=1S/C13H22O2.C11H12O3/c1-13(2,15)9-3-4-11-5-7-12(10-14)8-6-11;1-8(6-12)4-9-2-3-10-11(5-9)14-7-13-10/h5,10,12,15H,3-4,6-9H2,1-2H3;2-3,5-6,8H,4,7H2,1H3. The molecule has 29 heavy (non-hydrogen) atoms. The van der Waals surface area contributed by atoms with Gasteiger partial charge in [-0.05, 0) is 76.5 Å². The first-order chi connectivity index (χ1) is 13.8. The van der Waals surface area contributed by atoms with Gasteiger partial charge >= 0.3 is 0 Å². The number of ether oxygens (including phenoxy) is 2. The predicted octanol–water partition coefficient (Wildman–Crippen LogP) is 4.65. The molecule has 0 aromatic heterocycles. The molecule has 0 fully saturated rings. The van der Waals surface area contributed by atoms with Crippen molar-refractivity contribution in [2.45, 2.75) is 71.3 Å². The van der Waals surface area contributed by atoms with Crippen molar-refractivity contribution in [1.82, 2.24) is 0 Å². The van der Waals surface area contributed by atoms with Gasteiger partial charge in [-0.3, -0.25) is 0 Å². The van der Waals surface area contributed by atoms with Crippen molar-refractivity contribution in [3.63, 3.8) is 0 Å². The molecular formula is C24H34O5. The average Bonchev–Trinajstić information content (AvgIpc) is 3.16. The minimum Gasteiger partial charge on any atom is -0.454 e. The molecule has 0 saturated heterocycles. The summed E-state index contributed by atoms with van der Waals surface area (Å²) in [6.07, 6.45) is 11.0. The number of hydrogen-bond acceptors (Lipinski definition) is 5. The molecule has 0 spiro atoms. The van der Waals surface area contributed by atoms with E-state index in [0.29, 0.717) is 6.79 Å². The van der Waals surface area contributed by atoms with Crippen LogP contribution in [0, 0.1) is 11.8 Å². The Bertz CT molecular complexity index is 702. The van der Waals surface area contributed by atoms with Gasteiger partial charge in [0, 0.05) is 11.8 Å². The Morgan fingerprint density at radius 2 is 2.00 bits per heavy atom. The molecule has 1 aromatic rings. The molecule has 160 valence electrons. The van der Waals surface area contributed by atoms with Crippen molar-refractivity contribution < 1.29 is 24.2 Å². The third-order valence-electron chi connectivity index (χ3n) is 5.25. The molecular weight excluding hydrogens is 368 g/mol. The monoisotopic (exact) mass is 402 g/mol. The maximum atomic E-state index is 10.5. The molecule has 0 amide bonds. The first-order valence-electron chi connectivity index (χ1n) is 10.5. The van der Waals surface area contributed by atoms with E-state index in [2.05, 4.69) is 6.08 Å². The molecule has 2 aliphatic rings. The van der Waals surface area contributed by atoms with Crippen LogP contribution < -0.4 is 9.47 Å². The summed E-state index contributed by atoms with van der Waals surface area (Å²) in [5, 5.41) is 9.56. The van der Waals surface area contributed by atoms with Crippen LogP contribution in [0.15, 0.2) is 29.8 Å². The van der Waals surface area contributed by atoms with Crippen LogP contribution in [-0.4, -0.2) is 30.1 Å².